The van der Waals surface area contributed by atoms with Gasteiger partial charge in [0.25, 0.3) is 5.91 Å². The van der Waals surface area contributed by atoms with Gasteiger partial charge in [-0.1, -0.05) is 6.07 Å². The van der Waals surface area contributed by atoms with E-state index < -0.39 is 0 Å². The van der Waals surface area contributed by atoms with Gasteiger partial charge in [0.05, 0.1) is 18.3 Å². The highest BCUT2D eigenvalue weighted by molar-refractivity contribution is 5.93. The van der Waals surface area contributed by atoms with E-state index in [4.69, 9.17) is 4.74 Å². The molecule has 2 fully saturated rings. The molecule has 2 aromatic heterocycles. The number of fused-ring (bicyclic) bond motifs is 1. The Hall–Kier alpha value is -2.47. The minimum Gasteiger partial charge on any atom is -0.376 e. The first kappa shape index (κ1) is 16.0. The largest absolute Gasteiger partial charge is 0.376 e. The van der Waals surface area contributed by atoms with Gasteiger partial charge >= 0.3 is 0 Å². The molecule has 0 unspecified atom stereocenters. The van der Waals surface area contributed by atoms with Crippen LogP contribution in [0.5, 0.6) is 0 Å². The summed E-state index contributed by atoms with van der Waals surface area (Å²) in [5.41, 5.74) is 0.585. The van der Waals surface area contributed by atoms with Crippen LogP contribution in [-0.4, -0.2) is 48.2 Å². The summed E-state index contributed by atoms with van der Waals surface area (Å²) in [6.07, 6.45) is 6.24. The molecule has 6 heteroatoms. The Morgan fingerprint density at radius 2 is 2.24 bits per heavy atom. The molecule has 6 nitrogen and oxygen atoms in total. The van der Waals surface area contributed by atoms with E-state index in [1.807, 2.05) is 18.3 Å². The lowest BCUT2D eigenvalue weighted by Crippen LogP contribution is -2.44. The monoisotopic (exact) mass is 338 g/mol. The van der Waals surface area contributed by atoms with E-state index in [-0.39, 0.29) is 12.0 Å². The number of carbonyl (C=O) groups is 1. The lowest BCUT2D eigenvalue weighted by molar-refractivity contribution is 0.0768. The zero-order valence-corrected chi connectivity index (χ0v) is 14.0. The van der Waals surface area contributed by atoms with Crippen LogP contribution in [0.4, 0.5) is 5.82 Å². The Labute approximate surface area is 147 Å². The van der Waals surface area contributed by atoms with Crippen molar-refractivity contribution in [2.45, 2.75) is 12.5 Å². The van der Waals surface area contributed by atoms with Gasteiger partial charge in [0, 0.05) is 44.1 Å². The molecule has 1 amide bonds. The van der Waals surface area contributed by atoms with Crippen molar-refractivity contribution >= 4 is 11.7 Å². The molecule has 0 bridgehead atoms. The molecular weight excluding hydrogens is 316 g/mol. The normalized spacial score (nSPS) is 25.4. The van der Waals surface area contributed by atoms with E-state index in [9.17, 15) is 4.79 Å². The van der Waals surface area contributed by atoms with E-state index in [1.54, 1.807) is 24.5 Å². The quantitative estimate of drug-likeness (QED) is 0.920. The minimum absolute atomic E-state index is 0.0916. The standard InChI is InChI=1S/C19H22N4O2/c24-19(14-4-3-7-20-10-14)22-11-17-16-6-9-23(12-15(16)13-25-17)18-5-1-2-8-21-18/h1-5,7-8,10,15-17H,6,9,11-13H2,(H,22,24)/t15-,16-,17-/m0/s1. The number of pyridine rings is 2. The second-order valence-electron chi connectivity index (χ2n) is 6.67. The molecule has 130 valence electrons. The molecule has 4 rings (SSSR count). The van der Waals surface area contributed by atoms with Crippen LogP contribution in [0.3, 0.4) is 0 Å². The fourth-order valence-electron chi connectivity index (χ4n) is 3.84. The first-order valence-electron chi connectivity index (χ1n) is 8.77. The van der Waals surface area contributed by atoms with Gasteiger partial charge in [0.15, 0.2) is 0 Å². The number of piperidine rings is 1. The molecule has 4 heterocycles. The van der Waals surface area contributed by atoms with Crippen molar-refractivity contribution in [3.8, 4) is 0 Å². The van der Waals surface area contributed by atoms with Crippen molar-refractivity contribution < 1.29 is 9.53 Å². The summed E-state index contributed by atoms with van der Waals surface area (Å²) in [5, 5.41) is 2.99. The Balaban J connectivity index is 1.32. The van der Waals surface area contributed by atoms with E-state index in [0.717, 1.165) is 31.9 Å². The second-order valence-corrected chi connectivity index (χ2v) is 6.67. The summed E-state index contributed by atoms with van der Waals surface area (Å²) in [6.45, 7) is 3.25. The molecule has 0 radical (unpaired) electrons. The molecule has 0 aromatic carbocycles. The van der Waals surface area contributed by atoms with Crippen molar-refractivity contribution in [1.82, 2.24) is 15.3 Å². The van der Waals surface area contributed by atoms with Crippen molar-refractivity contribution in [3.63, 3.8) is 0 Å². The van der Waals surface area contributed by atoms with Gasteiger partial charge in [-0.2, -0.15) is 0 Å². The topological polar surface area (TPSA) is 67.3 Å². The first-order valence-corrected chi connectivity index (χ1v) is 8.77. The van der Waals surface area contributed by atoms with Gasteiger partial charge < -0.3 is 15.0 Å². The van der Waals surface area contributed by atoms with Crippen molar-refractivity contribution in [2.75, 3.05) is 31.1 Å². The number of anilines is 1. The van der Waals surface area contributed by atoms with Gasteiger partial charge in [0.2, 0.25) is 0 Å². The Morgan fingerprint density at radius 3 is 3.04 bits per heavy atom. The summed E-state index contributed by atoms with van der Waals surface area (Å²) in [5.74, 6) is 1.94. The third-order valence-corrected chi connectivity index (χ3v) is 5.16. The number of hydrogen-bond acceptors (Lipinski definition) is 5. The molecule has 2 saturated heterocycles. The first-order chi connectivity index (χ1) is 12.3. The number of nitrogens with zero attached hydrogens (tertiary/aromatic N) is 3. The molecule has 2 aliphatic rings. The average Bonchev–Trinajstić information content (AvgIpc) is 3.10. The van der Waals surface area contributed by atoms with Crippen LogP contribution in [0.2, 0.25) is 0 Å². The highest BCUT2D eigenvalue weighted by Gasteiger charge is 2.41. The van der Waals surface area contributed by atoms with E-state index in [2.05, 4.69) is 26.3 Å². The second kappa shape index (κ2) is 7.19. The number of amides is 1. The average molecular weight is 338 g/mol. The predicted molar refractivity (Wildman–Crippen MR) is 94.4 cm³/mol. The third-order valence-electron chi connectivity index (χ3n) is 5.16. The van der Waals surface area contributed by atoms with E-state index in [0.29, 0.717) is 23.9 Å². The van der Waals surface area contributed by atoms with Crippen LogP contribution in [-0.2, 0) is 4.74 Å². The lowest BCUT2D eigenvalue weighted by atomic mass is 9.84. The van der Waals surface area contributed by atoms with Crippen molar-refractivity contribution in [1.29, 1.82) is 0 Å². The zero-order chi connectivity index (χ0) is 17.1. The maximum absolute atomic E-state index is 12.2. The van der Waals surface area contributed by atoms with Crippen LogP contribution >= 0.6 is 0 Å². The van der Waals surface area contributed by atoms with Crippen LogP contribution in [0, 0.1) is 11.8 Å². The Kier molecular flexibility index (Phi) is 4.61. The molecule has 1 N–H and O–H groups in total. The smallest absolute Gasteiger partial charge is 0.252 e. The minimum atomic E-state index is -0.0916. The number of ether oxygens (including phenoxy) is 1. The van der Waals surface area contributed by atoms with Crippen LogP contribution < -0.4 is 10.2 Å². The predicted octanol–water partition coefficient (Wildman–Crippen LogP) is 1.75. The molecule has 2 aliphatic heterocycles. The van der Waals surface area contributed by atoms with Gasteiger partial charge in [-0.3, -0.25) is 9.78 Å². The maximum atomic E-state index is 12.2. The SMILES string of the molecule is O=C(NC[C@@H]1OC[C@@H]2CN(c3ccccn3)CC[C@@H]21)c1cccnc1. The highest BCUT2D eigenvalue weighted by atomic mass is 16.5. The molecule has 0 saturated carbocycles. The summed E-state index contributed by atoms with van der Waals surface area (Å²) in [6, 6.07) is 9.56. The molecule has 25 heavy (non-hydrogen) atoms. The number of carbonyl (C=O) groups excluding carboxylic acids is 1. The fourth-order valence-corrected chi connectivity index (χ4v) is 3.84. The Morgan fingerprint density at radius 1 is 1.28 bits per heavy atom. The van der Waals surface area contributed by atoms with Gasteiger partial charge in [0.1, 0.15) is 5.82 Å². The summed E-state index contributed by atoms with van der Waals surface area (Å²) >= 11 is 0. The van der Waals surface area contributed by atoms with Crippen LogP contribution in [0.1, 0.15) is 16.8 Å². The molecule has 2 aromatic rings. The molecule has 3 atom stereocenters. The lowest BCUT2D eigenvalue weighted by Gasteiger charge is -2.36. The fraction of sp³-hybridized carbons (Fsp3) is 0.421. The van der Waals surface area contributed by atoms with Crippen LogP contribution in [0.15, 0.2) is 48.9 Å². The van der Waals surface area contributed by atoms with E-state index in [1.165, 1.54) is 0 Å². The number of nitrogens with one attached hydrogen (secondary N) is 1. The van der Waals surface area contributed by atoms with Crippen LogP contribution in [0.25, 0.3) is 0 Å². The maximum Gasteiger partial charge on any atom is 0.252 e. The van der Waals surface area contributed by atoms with Gasteiger partial charge in [-0.25, -0.2) is 4.98 Å². The summed E-state index contributed by atoms with van der Waals surface area (Å²) < 4.78 is 5.99. The number of rotatable bonds is 4. The molecule has 0 spiro atoms. The summed E-state index contributed by atoms with van der Waals surface area (Å²) in [4.78, 5) is 22.9. The third kappa shape index (κ3) is 3.49. The molecular formula is C19H22N4O2. The van der Waals surface area contributed by atoms with E-state index >= 15 is 0 Å². The highest BCUT2D eigenvalue weighted by Crippen LogP contribution is 2.35. The van der Waals surface area contributed by atoms with Gasteiger partial charge in [-0.15, -0.1) is 0 Å². The number of hydrogen-bond donors (Lipinski definition) is 1. The van der Waals surface area contributed by atoms with Crippen molar-refractivity contribution in [2.24, 2.45) is 11.8 Å². The van der Waals surface area contributed by atoms with Gasteiger partial charge in [-0.05, 0) is 36.6 Å². The Bertz CT molecular complexity index is 710. The number of aromatic nitrogens is 2. The zero-order valence-electron chi connectivity index (χ0n) is 14.0. The summed E-state index contributed by atoms with van der Waals surface area (Å²) in [7, 11) is 0. The molecule has 0 aliphatic carbocycles. The van der Waals surface area contributed by atoms with Crippen molar-refractivity contribution in [3.05, 3.63) is 54.5 Å².